The molecule has 14 heavy (non-hydrogen) atoms. The highest BCUT2D eigenvalue weighted by Crippen LogP contribution is 1.96. The molecule has 0 saturated heterocycles. The highest BCUT2D eigenvalue weighted by Gasteiger charge is 2.01. The lowest BCUT2D eigenvalue weighted by molar-refractivity contribution is 0.606. The van der Waals surface area contributed by atoms with Gasteiger partial charge in [0.15, 0.2) is 0 Å². The maximum absolute atomic E-state index is 11.3. The molecule has 1 unspecified atom stereocenters. The molecule has 0 bridgehead atoms. The highest BCUT2D eigenvalue weighted by atomic mass is 16.2. The summed E-state index contributed by atoms with van der Waals surface area (Å²) in [5, 5.41) is 0. The predicted molar refractivity (Wildman–Crippen MR) is 56.6 cm³/mol. The van der Waals surface area contributed by atoms with Gasteiger partial charge in [0.05, 0.1) is 0 Å². The summed E-state index contributed by atoms with van der Waals surface area (Å²) in [4.78, 5) is 14.9. The van der Waals surface area contributed by atoms with Crippen LogP contribution < -0.4 is 16.8 Å². The third kappa shape index (κ3) is 2.76. The minimum atomic E-state index is -0.368. The van der Waals surface area contributed by atoms with Crippen LogP contribution in [0.15, 0.2) is 17.1 Å². The van der Waals surface area contributed by atoms with Crippen molar-refractivity contribution in [3.05, 3.63) is 22.7 Å². The monoisotopic (exact) mass is 196 g/mol. The molecule has 3 N–H and O–H groups in total. The second-order valence-electron chi connectivity index (χ2n) is 3.32. The second-order valence-corrected chi connectivity index (χ2v) is 3.32. The van der Waals surface area contributed by atoms with E-state index < -0.39 is 0 Å². The number of nitrogens with zero attached hydrogens (tertiary/aromatic N) is 2. The fourth-order valence-electron chi connectivity index (χ4n) is 1.25. The summed E-state index contributed by atoms with van der Waals surface area (Å²) in [6.07, 6.45) is 3.68. The van der Waals surface area contributed by atoms with E-state index in [-0.39, 0.29) is 17.5 Å². The van der Waals surface area contributed by atoms with Crippen LogP contribution in [0.4, 0.5) is 5.82 Å². The van der Waals surface area contributed by atoms with Crippen LogP contribution in [0.3, 0.4) is 0 Å². The van der Waals surface area contributed by atoms with Crippen LogP contribution in [0.1, 0.15) is 26.7 Å². The van der Waals surface area contributed by atoms with Crippen molar-refractivity contribution in [1.29, 1.82) is 0 Å². The van der Waals surface area contributed by atoms with Gasteiger partial charge in [-0.1, -0.05) is 13.3 Å². The SMILES string of the molecule is CCCC(C)Nn1ccc(N)nc1=O. The average Bonchev–Trinajstić information content (AvgIpc) is 2.10. The summed E-state index contributed by atoms with van der Waals surface area (Å²) in [5.74, 6) is 0.246. The molecule has 1 rings (SSSR count). The minimum absolute atomic E-state index is 0.246. The molecule has 0 aliphatic heterocycles. The van der Waals surface area contributed by atoms with Crippen LogP contribution in [0.5, 0.6) is 0 Å². The number of aromatic nitrogens is 2. The van der Waals surface area contributed by atoms with Gasteiger partial charge in [-0.2, -0.15) is 4.98 Å². The molecular weight excluding hydrogens is 180 g/mol. The zero-order valence-corrected chi connectivity index (χ0v) is 8.53. The average molecular weight is 196 g/mol. The lowest BCUT2D eigenvalue weighted by Crippen LogP contribution is -2.35. The normalized spacial score (nSPS) is 12.4. The lowest BCUT2D eigenvalue weighted by atomic mass is 10.2. The van der Waals surface area contributed by atoms with Gasteiger partial charge in [-0.05, 0) is 19.4 Å². The van der Waals surface area contributed by atoms with Gasteiger partial charge < -0.3 is 11.2 Å². The minimum Gasteiger partial charge on any atom is -0.383 e. The Hall–Kier alpha value is -1.52. The van der Waals surface area contributed by atoms with Crippen molar-refractivity contribution < 1.29 is 0 Å². The van der Waals surface area contributed by atoms with Crippen LogP contribution >= 0.6 is 0 Å². The van der Waals surface area contributed by atoms with Crippen LogP contribution in [0, 0.1) is 0 Å². The lowest BCUT2D eigenvalue weighted by Gasteiger charge is -2.15. The largest absolute Gasteiger partial charge is 0.383 e. The van der Waals surface area contributed by atoms with E-state index in [1.807, 2.05) is 6.92 Å². The fraction of sp³-hybridized carbons (Fsp3) is 0.556. The Morgan fingerprint density at radius 3 is 3.00 bits per heavy atom. The fourth-order valence-corrected chi connectivity index (χ4v) is 1.25. The van der Waals surface area contributed by atoms with Gasteiger partial charge >= 0.3 is 5.69 Å². The molecule has 1 heterocycles. The van der Waals surface area contributed by atoms with Gasteiger partial charge in [-0.25, -0.2) is 9.47 Å². The summed E-state index contributed by atoms with van der Waals surface area (Å²) >= 11 is 0. The molecule has 1 aromatic heterocycles. The third-order valence-corrected chi connectivity index (χ3v) is 1.91. The first-order valence-corrected chi connectivity index (χ1v) is 4.75. The summed E-state index contributed by atoms with van der Waals surface area (Å²) in [6.45, 7) is 4.12. The van der Waals surface area contributed by atoms with Crippen LogP contribution in [0.25, 0.3) is 0 Å². The van der Waals surface area contributed by atoms with Crippen LogP contribution in [-0.2, 0) is 0 Å². The van der Waals surface area contributed by atoms with E-state index in [2.05, 4.69) is 17.3 Å². The molecule has 1 atom stereocenters. The van der Waals surface area contributed by atoms with E-state index in [1.54, 1.807) is 12.3 Å². The molecule has 0 amide bonds. The molecule has 5 nitrogen and oxygen atoms in total. The maximum atomic E-state index is 11.3. The van der Waals surface area contributed by atoms with Gasteiger partial charge in [-0.15, -0.1) is 0 Å². The first-order valence-electron chi connectivity index (χ1n) is 4.75. The molecule has 0 saturated carbocycles. The first kappa shape index (κ1) is 10.6. The predicted octanol–water partition coefficient (Wildman–Crippen LogP) is 0.558. The van der Waals surface area contributed by atoms with Crippen molar-refractivity contribution in [2.75, 3.05) is 11.2 Å². The van der Waals surface area contributed by atoms with E-state index in [0.29, 0.717) is 0 Å². The number of anilines is 1. The first-order chi connectivity index (χ1) is 6.63. The van der Waals surface area contributed by atoms with E-state index in [4.69, 9.17) is 5.73 Å². The molecule has 0 aromatic carbocycles. The number of hydrogen-bond donors (Lipinski definition) is 2. The van der Waals surface area contributed by atoms with Gasteiger partial charge in [-0.3, -0.25) is 0 Å². The summed E-state index contributed by atoms with van der Waals surface area (Å²) in [7, 11) is 0. The van der Waals surface area contributed by atoms with E-state index in [0.717, 1.165) is 12.8 Å². The Bertz CT molecular complexity index is 347. The zero-order valence-electron chi connectivity index (χ0n) is 8.53. The number of hydrogen-bond acceptors (Lipinski definition) is 4. The Balaban J connectivity index is 2.72. The molecule has 0 radical (unpaired) electrons. The van der Waals surface area contributed by atoms with Gasteiger partial charge in [0.25, 0.3) is 0 Å². The maximum Gasteiger partial charge on any atom is 0.368 e. The van der Waals surface area contributed by atoms with Gasteiger partial charge in [0, 0.05) is 12.2 Å². The quantitative estimate of drug-likeness (QED) is 0.738. The standard InChI is InChI=1S/C9H16N4O/c1-3-4-7(2)12-13-6-5-8(10)11-9(13)14/h5-7,12H,3-4H2,1-2H3,(H2,10,11,14). The van der Waals surface area contributed by atoms with E-state index in [9.17, 15) is 4.79 Å². The molecule has 5 heteroatoms. The summed E-state index contributed by atoms with van der Waals surface area (Å²) in [6, 6.07) is 1.84. The number of nitrogen functional groups attached to an aromatic ring is 1. The molecular formula is C9H16N4O. The Morgan fingerprint density at radius 2 is 2.43 bits per heavy atom. The molecule has 0 spiro atoms. The molecule has 78 valence electrons. The smallest absolute Gasteiger partial charge is 0.368 e. The molecule has 1 aromatic rings. The summed E-state index contributed by atoms with van der Waals surface area (Å²) in [5.41, 5.74) is 8.02. The number of nitrogens with two attached hydrogens (primary N) is 1. The van der Waals surface area contributed by atoms with Crippen molar-refractivity contribution in [2.24, 2.45) is 0 Å². The zero-order chi connectivity index (χ0) is 10.6. The van der Waals surface area contributed by atoms with Crippen molar-refractivity contribution in [2.45, 2.75) is 32.7 Å². The van der Waals surface area contributed by atoms with E-state index in [1.165, 1.54) is 4.68 Å². The number of nitrogens with one attached hydrogen (secondary N) is 1. The van der Waals surface area contributed by atoms with Crippen molar-refractivity contribution in [3.63, 3.8) is 0 Å². The van der Waals surface area contributed by atoms with Crippen molar-refractivity contribution in [3.8, 4) is 0 Å². The number of rotatable bonds is 4. The van der Waals surface area contributed by atoms with Gasteiger partial charge in [0.1, 0.15) is 5.82 Å². The van der Waals surface area contributed by atoms with Crippen LogP contribution in [0.2, 0.25) is 0 Å². The Morgan fingerprint density at radius 1 is 1.71 bits per heavy atom. The highest BCUT2D eigenvalue weighted by molar-refractivity contribution is 5.23. The van der Waals surface area contributed by atoms with Crippen LogP contribution in [-0.4, -0.2) is 15.7 Å². The summed E-state index contributed by atoms with van der Waals surface area (Å²) < 4.78 is 1.36. The second kappa shape index (κ2) is 4.64. The Labute approximate surface area is 82.9 Å². The Kier molecular flexibility index (Phi) is 3.50. The third-order valence-electron chi connectivity index (χ3n) is 1.91. The van der Waals surface area contributed by atoms with E-state index >= 15 is 0 Å². The molecule has 0 fully saturated rings. The van der Waals surface area contributed by atoms with Gasteiger partial charge in [0.2, 0.25) is 0 Å². The topological polar surface area (TPSA) is 72.9 Å². The van der Waals surface area contributed by atoms with Crippen molar-refractivity contribution in [1.82, 2.24) is 9.66 Å². The van der Waals surface area contributed by atoms with Crippen molar-refractivity contribution >= 4 is 5.82 Å². The molecule has 0 aliphatic rings. The molecule has 0 aliphatic carbocycles.